The predicted octanol–water partition coefficient (Wildman–Crippen LogP) is 1.84. The van der Waals surface area contributed by atoms with E-state index in [1.807, 2.05) is 30.3 Å². The Hall–Kier alpha value is -2.91. The second-order valence-electron chi connectivity index (χ2n) is 8.30. The van der Waals surface area contributed by atoms with Gasteiger partial charge >= 0.3 is 0 Å². The topological polar surface area (TPSA) is 87.2 Å². The first kappa shape index (κ1) is 23.3. The average Bonchev–Trinajstić information content (AvgIpc) is 2.88. The van der Waals surface area contributed by atoms with Crippen molar-refractivity contribution < 1.29 is 22.7 Å². The molecule has 0 bridgehead atoms. The van der Waals surface area contributed by atoms with Crippen LogP contribution in [-0.4, -0.2) is 80.2 Å². The molecule has 9 heteroatoms. The minimum absolute atomic E-state index is 0.0134. The Bertz CT molecular complexity index is 1050. The molecule has 4 rings (SSSR count). The van der Waals surface area contributed by atoms with Crippen LogP contribution in [0.2, 0.25) is 0 Å². The lowest BCUT2D eigenvalue weighted by atomic mass is 9.95. The minimum atomic E-state index is -3.54. The molecule has 33 heavy (non-hydrogen) atoms. The summed E-state index contributed by atoms with van der Waals surface area (Å²) in [6.45, 7) is 2.38. The standard InChI is InChI=1S/C24H29N3O5S/c28-23(19-32-21-7-3-1-4-8-21)25-13-11-20(12-14-25)24(29)26-15-17-27(18-16-26)33(30,31)22-9-5-2-6-10-22/h1-10,20H,11-19H2. The monoisotopic (exact) mass is 471 g/mol. The van der Waals surface area contributed by atoms with E-state index < -0.39 is 10.0 Å². The number of benzene rings is 2. The Morgan fingerprint density at radius 2 is 1.36 bits per heavy atom. The van der Waals surface area contributed by atoms with Gasteiger partial charge in [0.25, 0.3) is 5.91 Å². The van der Waals surface area contributed by atoms with Crippen LogP contribution < -0.4 is 4.74 Å². The second kappa shape index (κ2) is 10.4. The van der Waals surface area contributed by atoms with Crippen molar-refractivity contribution in [2.24, 2.45) is 5.92 Å². The van der Waals surface area contributed by atoms with Gasteiger partial charge in [-0.05, 0) is 37.1 Å². The lowest BCUT2D eigenvalue weighted by molar-refractivity contribution is -0.142. The first-order valence-corrected chi connectivity index (χ1v) is 12.7. The summed E-state index contributed by atoms with van der Waals surface area (Å²) in [5.74, 6) is 0.495. The number of rotatable bonds is 6. The molecule has 0 saturated carbocycles. The number of amides is 2. The van der Waals surface area contributed by atoms with E-state index in [1.165, 1.54) is 4.31 Å². The first-order valence-electron chi connectivity index (χ1n) is 11.2. The maximum absolute atomic E-state index is 13.0. The van der Waals surface area contributed by atoms with E-state index in [4.69, 9.17) is 4.74 Å². The summed E-state index contributed by atoms with van der Waals surface area (Å²) < 4.78 is 32.6. The van der Waals surface area contributed by atoms with Crippen LogP contribution in [0.1, 0.15) is 12.8 Å². The van der Waals surface area contributed by atoms with Gasteiger partial charge in [-0.15, -0.1) is 0 Å². The van der Waals surface area contributed by atoms with Crippen molar-refractivity contribution in [2.75, 3.05) is 45.9 Å². The minimum Gasteiger partial charge on any atom is -0.484 e. The zero-order valence-electron chi connectivity index (χ0n) is 18.5. The number of hydrogen-bond donors (Lipinski definition) is 0. The number of ether oxygens (including phenoxy) is 1. The third kappa shape index (κ3) is 5.54. The summed E-state index contributed by atoms with van der Waals surface area (Å²) in [6, 6.07) is 17.6. The van der Waals surface area contributed by atoms with E-state index in [0.717, 1.165) is 0 Å². The highest BCUT2D eigenvalue weighted by Gasteiger charge is 2.34. The number of carbonyl (C=O) groups is 2. The highest BCUT2D eigenvalue weighted by Crippen LogP contribution is 2.23. The summed E-state index contributed by atoms with van der Waals surface area (Å²) in [5.41, 5.74) is 0. The van der Waals surface area contributed by atoms with Crippen LogP contribution in [0.25, 0.3) is 0 Å². The molecule has 0 radical (unpaired) electrons. The van der Waals surface area contributed by atoms with Gasteiger partial charge < -0.3 is 14.5 Å². The molecular weight excluding hydrogens is 442 g/mol. The van der Waals surface area contributed by atoms with Gasteiger partial charge in [-0.2, -0.15) is 4.31 Å². The fourth-order valence-corrected chi connectivity index (χ4v) is 5.72. The van der Waals surface area contributed by atoms with Crippen molar-refractivity contribution in [1.82, 2.24) is 14.1 Å². The van der Waals surface area contributed by atoms with E-state index in [-0.39, 0.29) is 42.3 Å². The summed E-state index contributed by atoms with van der Waals surface area (Å²) in [4.78, 5) is 29.2. The number of para-hydroxylation sites is 1. The molecule has 2 aliphatic rings. The molecule has 2 aromatic rings. The van der Waals surface area contributed by atoms with E-state index in [2.05, 4.69) is 0 Å². The van der Waals surface area contributed by atoms with Gasteiger partial charge in [-0.25, -0.2) is 8.42 Å². The molecule has 0 aromatic heterocycles. The molecule has 2 fully saturated rings. The predicted molar refractivity (Wildman–Crippen MR) is 123 cm³/mol. The molecular formula is C24H29N3O5S. The molecule has 176 valence electrons. The van der Waals surface area contributed by atoms with Crippen molar-refractivity contribution in [3.05, 3.63) is 60.7 Å². The fraction of sp³-hybridized carbons (Fsp3) is 0.417. The summed E-state index contributed by atoms with van der Waals surface area (Å²) in [7, 11) is -3.54. The Balaban J connectivity index is 1.23. The van der Waals surface area contributed by atoms with Crippen molar-refractivity contribution >= 4 is 21.8 Å². The van der Waals surface area contributed by atoms with Gasteiger partial charge in [0, 0.05) is 45.2 Å². The molecule has 2 amide bonds. The van der Waals surface area contributed by atoms with Crippen LogP contribution in [0.15, 0.2) is 65.6 Å². The second-order valence-corrected chi connectivity index (χ2v) is 10.2. The van der Waals surface area contributed by atoms with Gasteiger partial charge in [-0.3, -0.25) is 9.59 Å². The fourth-order valence-electron chi connectivity index (χ4n) is 4.28. The molecule has 2 aromatic carbocycles. The number of nitrogens with zero attached hydrogens (tertiary/aromatic N) is 3. The van der Waals surface area contributed by atoms with Crippen LogP contribution >= 0.6 is 0 Å². The zero-order chi connectivity index (χ0) is 23.3. The summed E-state index contributed by atoms with van der Waals surface area (Å²) >= 11 is 0. The SMILES string of the molecule is O=C(COc1ccccc1)N1CCC(C(=O)N2CCN(S(=O)(=O)c3ccccc3)CC2)CC1. The van der Waals surface area contributed by atoms with E-state index in [0.29, 0.717) is 44.8 Å². The number of carbonyl (C=O) groups excluding carboxylic acids is 2. The number of hydrogen-bond acceptors (Lipinski definition) is 5. The molecule has 0 spiro atoms. The maximum atomic E-state index is 13.0. The normalized spacial score (nSPS) is 18.2. The Morgan fingerprint density at radius 1 is 0.788 bits per heavy atom. The number of piperidine rings is 1. The Kier molecular flexibility index (Phi) is 7.29. The Morgan fingerprint density at radius 3 is 1.97 bits per heavy atom. The molecule has 2 aliphatic heterocycles. The van der Waals surface area contributed by atoms with E-state index in [1.54, 1.807) is 40.1 Å². The maximum Gasteiger partial charge on any atom is 0.260 e. The smallest absolute Gasteiger partial charge is 0.260 e. The molecule has 2 saturated heterocycles. The van der Waals surface area contributed by atoms with Crippen molar-refractivity contribution in [2.45, 2.75) is 17.7 Å². The molecule has 0 N–H and O–H groups in total. The van der Waals surface area contributed by atoms with E-state index in [9.17, 15) is 18.0 Å². The third-order valence-electron chi connectivity index (χ3n) is 6.23. The molecule has 0 unspecified atom stereocenters. The van der Waals surface area contributed by atoms with Crippen LogP contribution in [0.5, 0.6) is 5.75 Å². The zero-order valence-corrected chi connectivity index (χ0v) is 19.3. The lowest BCUT2D eigenvalue weighted by Crippen LogP contribution is -2.53. The van der Waals surface area contributed by atoms with Gasteiger partial charge in [0.2, 0.25) is 15.9 Å². The highest BCUT2D eigenvalue weighted by molar-refractivity contribution is 7.89. The van der Waals surface area contributed by atoms with Gasteiger partial charge in [0.15, 0.2) is 6.61 Å². The summed E-state index contributed by atoms with van der Waals surface area (Å²) in [5, 5.41) is 0. The molecule has 2 heterocycles. The van der Waals surface area contributed by atoms with Crippen molar-refractivity contribution in [1.29, 1.82) is 0 Å². The largest absolute Gasteiger partial charge is 0.484 e. The van der Waals surface area contributed by atoms with Crippen LogP contribution in [0, 0.1) is 5.92 Å². The van der Waals surface area contributed by atoms with Gasteiger partial charge in [0.1, 0.15) is 5.75 Å². The Labute approximate surface area is 194 Å². The highest BCUT2D eigenvalue weighted by atomic mass is 32.2. The van der Waals surface area contributed by atoms with Gasteiger partial charge in [-0.1, -0.05) is 36.4 Å². The third-order valence-corrected chi connectivity index (χ3v) is 8.15. The summed E-state index contributed by atoms with van der Waals surface area (Å²) in [6.07, 6.45) is 1.22. The first-order chi connectivity index (χ1) is 15.9. The number of likely N-dealkylation sites (tertiary alicyclic amines) is 1. The quantitative estimate of drug-likeness (QED) is 0.642. The van der Waals surface area contributed by atoms with Gasteiger partial charge in [0.05, 0.1) is 4.90 Å². The van der Waals surface area contributed by atoms with E-state index >= 15 is 0 Å². The number of piperazine rings is 1. The number of sulfonamides is 1. The van der Waals surface area contributed by atoms with Crippen LogP contribution in [-0.2, 0) is 19.6 Å². The lowest BCUT2D eigenvalue weighted by Gasteiger charge is -2.38. The molecule has 8 nitrogen and oxygen atoms in total. The van der Waals surface area contributed by atoms with Crippen molar-refractivity contribution in [3.8, 4) is 5.75 Å². The van der Waals surface area contributed by atoms with Crippen LogP contribution in [0.4, 0.5) is 0 Å². The average molecular weight is 472 g/mol. The van der Waals surface area contributed by atoms with Crippen LogP contribution in [0.3, 0.4) is 0 Å². The molecule has 0 atom stereocenters. The van der Waals surface area contributed by atoms with Crippen molar-refractivity contribution in [3.63, 3.8) is 0 Å². The molecule has 0 aliphatic carbocycles.